The zero-order valence-electron chi connectivity index (χ0n) is 13.4. The second kappa shape index (κ2) is 8.28. The molecule has 3 rings (SSSR count). The fourth-order valence-electron chi connectivity index (χ4n) is 2.87. The van der Waals surface area contributed by atoms with E-state index in [1.54, 1.807) is 23.1 Å². The maximum absolute atomic E-state index is 12.2. The monoisotopic (exact) mass is 348 g/mol. The van der Waals surface area contributed by atoms with Crippen molar-refractivity contribution in [2.45, 2.75) is 12.6 Å². The van der Waals surface area contributed by atoms with Crippen LogP contribution in [0.3, 0.4) is 0 Å². The highest BCUT2D eigenvalue weighted by atomic mass is 35.5. The minimum absolute atomic E-state index is 0.0565. The number of benzene rings is 1. The van der Waals surface area contributed by atoms with Crippen LogP contribution < -0.4 is 5.32 Å². The molecule has 1 fully saturated rings. The molecule has 0 spiro atoms. The van der Waals surface area contributed by atoms with Gasteiger partial charge >= 0.3 is 0 Å². The lowest BCUT2D eigenvalue weighted by Gasteiger charge is -2.35. The first kappa shape index (κ1) is 17.0. The van der Waals surface area contributed by atoms with E-state index in [0.717, 1.165) is 18.7 Å². The first-order valence-corrected chi connectivity index (χ1v) is 8.41. The van der Waals surface area contributed by atoms with Crippen molar-refractivity contribution in [3.05, 3.63) is 53.3 Å². The fourth-order valence-corrected chi connectivity index (χ4v) is 3.07. The van der Waals surface area contributed by atoms with Crippen LogP contribution in [0.5, 0.6) is 0 Å². The van der Waals surface area contributed by atoms with Crippen LogP contribution in [0, 0.1) is 0 Å². The van der Waals surface area contributed by atoms with E-state index < -0.39 is 0 Å². The molecular formula is C17H21ClN4O2. The molecule has 128 valence electrons. The molecular weight excluding hydrogens is 328 g/mol. The summed E-state index contributed by atoms with van der Waals surface area (Å²) in [4.78, 5) is 14.5. The number of morpholine rings is 1. The summed E-state index contributed by atoms with van der Waals surface area (Å²) >= 11 is 6.14. The van der Waals surface area contributed by atoms with E-state index in [2.05, 4.69) is 15.3 Å². The molecule has 1 amide bonds. The van der Waals surface area contributed by atoms with Crippen LogP contribution >= 0.6 is 11.6 Å². The van der Waals surface area contributed by atoms with Gasteiger partial charge in [0.25, 0.3) is 0 Å². The lowest BCUT2D eigenvalue weighted by molar-refractivity contribution is -0.122. The van der Waals surface area contributed by atoms with Gasteiger partial charge in [0.2, 0.25) is 5.91 Å². The van der Waals surface area contributed by atoms with Crippen molar-refractivity contribution >= 4 is 17.5 Å². The van der Waals surface area contributed by atoms with Crippen molar-refractivity contribution in [2.24, 2.45) is 0 Å². The van der Waals surface area contributed by atoms with Crippen LogP contribution in [-0.4, -0.2) is 53.4 Å². The highest BCUT2D eigenvalue weighted by molar-refractivity contribution is 6.30. The van der Waals surface area contributed by atoms with E-state index in [4.69, 9.17) is 16.3 Å². The fraction of sp³-hybridized carbons (Fsp3) is 0.412. The Morgan fingerprint density at radius 3 is 2.88 bits per heavy atom. The third-order valence-corrected chi connectivity index (χ3v) is 4.31. The SMILES string of the molecule is O=C(Cn1cccn1)NC[C@H](c1cccc(Cl)c1)N1CCOCC1. The number of halogens is 1. The minimum Gasteiger partial charge on any atom is -0.379 e. The third kappa shape index (κ3) is 4.56. The molecule has 1 aliphatic heterocycles. The van der Waals surface area contributed by atoms with Crippen LogP contribution in [0.15, 0.2) is 42.7 Å². The second-order valence-electron chi connectivity index (χ2n) is 5.73. The number of aromatic nitrogens is 2. The Kier molecular flexibility index (Phi) is 5.85. The Morgan fingerprint density at radius 2 is 2.17 bits per heavy atom. The molecule has 1 aromatic heterocycles. The molecule has 1 aliphatic rings. The predicted octanol–water partition coefficient (Wildman–Crippen LogP) is 1.73. The average molecular weight is 349 g/mol. The number of ether oxygens (including phenoxy) is 1. The Labute approximate surface area is 146 Å². The minimum atomic E-state index is -0.0565. The van der Waals surface area contributed by atoms with Crippen molar-refractivity contribution in [3.8, 4) is 0 Å². The van der Waals surface area contributed by atoms with Crippen LogP contribution in [0.4, 0.5) is 0 Å². The molecule has 7 heteroatoms. The van der Waals surface area contributed by atoms with E-state index in [0.29, 0.717) is 24.8 Å². The number of rotatable bonds is 6. The van der Waals surface area contributed by atoms with Gasteiger partial charge < -0.3 is 10.1 Å². The molecule has 0 aliphatic carbocycles. The number of nitrogens with zero attached hydrogens (tertiary/aromatic N) is 3. The van der Waals surface area contributed by atoms with Gasteiger partial charge in [-0.3, -0.25) is 14.4 Å². The summed E-state index contributed by atoms with van der Waals surface area (Å²) in [5.74, 6) is -0.0565. The van der Waals surface area contributed by atoms with Crippen molar-refractivity contribution in [3.63, 3.8) is 0 Å². The van der Waals surface area contributed by atoms with Gasteiger partial charge in [-0.1, -0.05) is 23.7 Å². The third-order valence-electron chi connectivity index (χ3n) is 4.08. The highest BCUT2D eigenvalue weighted by Crippen LogP contribution is 2.23. The van der Waals surface area contributed by atoms with Gasteiger partial charge in [-0.15, -0.1) is 0 Å². The van der Waals surface area contributed by atoms with Gasteiger partial charge in [0.15, 0.2) is 0 Å². The van der Waals surface area contributed by atoms with Crippen LogP contribution in [-0.2, 0) is 16.1 Å². The predicted molar refractivity (Wildman–Crippen MR) is 91.8 cm³/mol. The van der Waals surface area contributed by atoms with Gasteiger partial charge in [-0.05, 0) is 23.8 Å². The molecule has 2 aromatic rings. The first-order chi connectivity index (χ1) is 11.7. The quantitative estimate of drug-likeness (QED) is 0.863. The molecule has 24 heavy (non-hydrogen) atoms. The van der Waals surface area contributed by atoms with Gasteiger partial charge in [0.05, 0.1) is 19.3 Å². The zero-order chi connectivity index (χ0) is 16.8. The number of amides is 1. The van der Waals surface area contributed by atoms with Crippen molar-refractivity contribution in [2.75, 3.05) is 32.8 Å². The van der Waals surface area contributed by atoms with Gasteiger partial charge in [0.1, 0.15) is 6.54 Å². The summed E-state index contributed by atoms with van der Waals surface area (Å²) in [5, 5.41) is 7.77. The molecule has 0 saturated carbocycles. The lowest BCUT2D eigenvalue weighted by Crippen LogP contribution is -2.44. The number of nitrogens with one attached hydrogen (secondary N) is 1. The largest absolute Gasteiger partial charge is 0.379 e. The molecule has 1 atom stereocenters. The molecule has 1 saturated heterocycles. The summed E-state index contributed by atoms with van der Waals surface area (Å²) in [6, 6.07) is 9.69. The maximum Gasteiger partial charge on any atom is 0.241 e. The summed E-state index contributed by atoms with van der Waals surface area (Å²) in [7, 11) is 0. The van der Waals surface area contributed by atoms with E-state index in [9.17, 15) is 4.79 Å². The van der Waals surface area contributed by atoms with Gasteiger partial charge in [-0.2, -0.15) is 5.10 Å². The summed E-state index contributed by atoms with van der Waals surface area (Å²) < 4.78 is 7.05. The topological polar surface area (TPSA) is 59.4 Å². The van der Waals surface area contributed by atoms with Crippen molar-refractivity contribution in [1.82, 2.24) is 20.0 Å². The summed E-state index contributed by atoms with van der Waals surface area (Å²) in [5.41, 5.74) is 1.10. The summed E-state index contributed by atoms with van der Waals surface area (Å²) in [6.07, 6.45) is 3.44. The van der Waals surface area contributed by atoms with E-state index in [-0.39, 0.29) is 18.5 Å². The Bertz CT molecular complexity index is 656. The normalized spacial score (nSPS) is 16.7. The number of hydrogen-bond acceptors (Lipinski definition) is 4. The van der Waals surface area contributed by atoms with Crippen LogP contribution in [0.1, 0.15) is 11.6 Å². The standard InChI is InChI=1S/C17H21ClN4O2/c18-15-4-1-3-14(11-15)16(21-7-9-24-10-8-21)12-19-17(23)13-22-6-2-5-20-22/h1-6,11,16H,7-10,12-13H2,(H,19,23)/t16-/m1/s1. The van der Waals surface area contributed by atoms with Crippen LogP contribution in [0.25, 0.3) is 0 Å². The van der Waals surface area contributed by atoms with Crippen molar-refractivity contribution in [1.29, 1.82) is 0 Å². The zero-order valence-corrected chi connectivity index (χ0v) is 14.2. The molecule has 1 aromatic carbocycles. The second-order valence-corrected chi connectivity index (χ2v) is 6.16. The van der Waals surface area contributed by atoms with E-state index >= 15 is 0 Å². The van der Waals surface area contributed by atoms with Gasteiger partial charge in [-0.25, -0.2) is 0 Å². The van der Waals surface area contributed by atoms with Crippen molar-refractivity contribution < 1.29 is 9.53 Å². The van der Waals surface area contributed by atoms with E-state index in [1.165, 1.54) is 0 Å². The van der Waals surface area contributed by atoms with E-state index in [1.807, 2.05) is 24.3 Å². The number of carbonyl (C=O) groups is 1. The Balaban J connectivity index is 1.66. The molecule has 6 nitrogen and oxygen atoms in total. The first-order valence-electron chi connectivity index (χ1n) is 8.04. The molecule has 0 bridgehead atoms. The molecule has 0 unspecified atom stereocenters. The molecule has 1 N–H and O–H groups in total. The maximum atomic E-state index is 12.2. The Hall–Kier alpha value is -1.89. The Morgan fingerprint density at radius 1 is 1.33 bits per heavy atom. The highest BCUT2D eigenvalue weighted by Gasteiger charge is 2.23. The smallest absolute Gasteiger partial charge is 0.241 e. The lowest BCUT2D eigenvalue weighted by atomic mass is 10.0. The average Bonchev–Trinajstić information content (AvgIpc) is 3.09. The van der Waals surface area contributed by atoms with Gasteiger partial charge in [0, 0.05) is 37.1 Å². The number of carbonyl (C=O) groups excluding carboxylic acids is 1. The molecule has 0 radical (unpaired) electrons. The molecule has 2 heterocycles. The number of hydrogen-bond donors (Lipinski definition) is 1. The summed E-state index contributed by atoms with van der Waals surface area (Å²) in [6.45, 7) is 3.84. The van der Waals surface area contributed by atoms with Crippen LogP contribution in [0.2, 0.25) is 5.02 Å².